The van der Waals surface area contributed by atoms with Gasteiger partial charge in [0.25, 0.3) is 0 Å². The van der Waals surface area contributed by atoms with E-state index in [1.165, 1.54) is 24.3 Å². The number of nitrogens with zero attached hydrogens (tertiary/aromatic N) is 1. The number of hydrogen-bond acceptors (Lipinski definition) is 4. The summed E-state index contributed by atoms with van der Waals surface area (Å²) in [7, 11) is 2.22. The number of ether oxygens (including phenoxy) is 2. The number of anilines is 1. The molecule has 0 bridgehead atoms. The van der Waals surface area contributed by atoms with E-state index in [0.29, 0.717) is 37.5 Å². The van der Waals surface area contributed by atoms with Crippen LogP contribution in [0.4, 0.5) is 14.5 Å². The molecule has 2 saturated heterocycles. The molecule has 191 valence electrons. The molecule has 0 saturated carbocycles. The maximum atomic E-state index is 13.6. The molecule has 2 aliphatic rings. The van der Waals surface area contributed by atoms with Crippen LogP contribution < -0.4 is 9.42 Å². The molecule has 0 N–H and O–H groups in total. The van der Waals surface area contributed by atoms with Crippen molar-refractivity contribution in [2.75, 3.05) is 18.1 Å². The predicted molar refractivity (Wildman–Crippen MR) is 135 cm³/mol. The zero-order valence-electron chi connectivity index (χ0n) is 20.4. The SMILES string of the molecule is C[C-]1COC(CC[C@H]2C(=O)N(c3ccc(F)cc3)[C@@H]2c2ccc(OP)cc2)(c2ccc(F)cc2)OC1.[Y]. The second kappa shape index (κ2) is 12.0. The molecule has 2 heterocycles. The molecule has 2 fully saturated rings. The Hall–Kier alpha value is -1.76. The molecular formula is C28H27F2NO4PY-. The van der Waals surface area contributed by atoms with Gasteiger partial charge in [0, 0.05) is 50.4 Å². The zero-order chi connectivity index (χ0) is 25.3. The van der Waals surface area contributed by atoms with E-state index in [2.05, 4.69) is 9.47 Å². The summed E-state index contributed by atoms with van der Waals surface area (Å²) in [5, 5.41) is 0. The molecule has 1 unspecified atom stereocenters. The minimum absolute atomic E-state index is 0. The van der Waals surface area contributed by atoms with E-state index in [-0.39, 0.29) is 62.2 Å². The molecular weight excluding hydrogens is 572 g/mol. The normalized spacial score (nSPS) is 21.2. The molecule has 37 heavy (non-hydrogen) atoms. The third kappa shape index (κ3) is 5.82. The molecule has 3 aromatic carbocycles. The topological polar surface area (TPSA) is 48.0 Å². The van der Waals surface area contributed by atoms with Gasteiger partial charge in [-0.1, -0.05) is 37.5 Å². The van der Waals surface area contributed by atoms with Crippen molar-refractivity contribution in [2.45, 2.75) is 31.6 Å². The summed E-state index contributed by atoms with van der Waals surface area (Å²) in [6.45, 7) is 2.82. The second-order valence-corrected chi connectivity index (χ2v) is 9.49. The van der Waals surface area contributed by atoms with Crippen LogP contribution in [0.1, 0.15) is 36.9 Å². The van der Waals surface area contributed by atoms with Crippen LogP contribution in [0.25, 0.3) is 0 Å². The van der Waals surface area contributed by atoms with Gasteiger partial charge in [0.15, 0.2) is 5.79 Å². The number of carbonyl (C=O) groups is 1. The van der Waals surface area contributed by atoms with Gasteiger partial charge >= 0.3 is 0 Å². The minimum Gasteiger partial charge on any atom is -0.480 e. The summed E-state index contributed by atoms with van der Waals surface area (Å²) >= 11 is 0. The third-order valence-corrected chi connectivity index (χ3v) is 7.12. The number of hydrogen-bond donors (Lipinski definition) is 0. The van der Waals surface area contributed by atoms with E-state index in [1.54, 1.807) is 29.2 Å². The molecule has 1 radical (unpaired) electrons. The maximum Gasteiger partial charge on any atom is 0.233 e. The van der Waals surface area contributed by atoms with E-state index >= 15 is 0 Å². The van der Waals surface area contributed by atoms with Gasteiger partial charge in [0.05, 0.1) is 21.4 Å². The fourth-order valence-corrected chi connectivity index (χ4v) is 5.07. The number of rotatable bonds is 7. The van der Waals surface area contributed by atoms with Crippen molar-refractivity contribution >= 4 is 21.1 Å². The molecule has 5 nitrogen and oxygen atoms in total. The molecule has 9 heteroatoms. The Bertz CT molecular complexity index is 1200. The van der Waals surface area contributed by atoms with Gasteiger partial charge in [-0.2, -0.15) is 6.92 Å². The Morgan fingerprint density at radius 1 is 0.973 bits per heavy atom. The standard InChI is InChI=1S/C28H27F2NO4P.Y/c1-18-16-33-28(34-17-18,20-4-6-21(29)7-5-20)15-14-25-26(19-2-12-24(35-36)13-3-19)31(27(25)32)23-10-8-22(30)9-11-23;/h2-13,25-26H,14-17,36H2,1H3;/q-1;/t25-,26-;/m1./s1. The largest absolute Gasteiger partial charge is 0.480 e. The Morgan fingerprint density at radius 2 is 1.54 bits per heavy atom. The molecule has 0 aromatic heterocycles. The van der Waals surface area contributed by atoms with Gasteiger partial charge in [0.1, 0.15) is 17.4 Å². The molecule has 5 rings (SSSR count). The van der Waals surface area contributed by atoms with Crippen molar-refractivity contribution in [3.8, 4) is 5.75 Å². The maximum absolute atomic E-state index is 13.6. The Balaban J connectivity index is 0.00000320. The molecule has 0 spiro atoms. The van der Waals surface area contributed by atoms with Crippen molar-refractivity contribution < 1.29 is 60.3 Å². The van der Waals surface area contributed by atoms with Gasteiger partial charge in [0.2, 0.25) is 5.91 Å². The van der Waals surface area contributed by atoms with E-state index in [4.69, 9.17) is 14.0 Å². The van der Waals surface area contributed by atoms with Crippen LogP contribution in [0.5, 0.6) is 5.75 Å². The predicted octanol–water partition coefficient (Wildman–Crippen LogP) is 6.11. The van der Waals surface area contributed by atoms with Crippen LogP contribution >= 0.6 is 9.47 Å². The van der Waals surface area contributed by atoms with Gasteiger partial charge in [-0.15, -0.1) is 0 Å². The summed E-state index contributed by atoms with van der Waals surface area (Å²) in [6, 6.07) is 19.3. The first-order valence-electron chi connectivity index (χ1n) is 11.8. The van der Waals surface area contributed by atoms with Crippen LogP contribution in [0.3, 0.4) is 0 Å². The van der Waals surface area contributed by atoms with Crippen LogP contribution in [0.2, 0.25) is 0 Å². The quantitative estimate of drug-likeness (QED) is 0.187. The summed E-state index contributed by atoms with van der Waals surface area (Å²) in [5.41, 5.74) is 2.30. The fourth-order valence-electron chi connectivity index (χ4n) is 4.91. The number of carbonyl (C=O) groups excluding carboxylic acids is 1. The minimum atomic E-state index is -1.06. The fraction of sp³-hybridized carbons (Fsp3) is 0.286. The second-order valence-electron chi connectivity index (χ2n) is 9.26. The van der Waals surface area contributed by atoms with Crippen LogP contribution in [-0.2, 0) is 52.8 Å². The molecule has 1 amide bonds. The monoisotopic (exact) mass is 599 g/mol. The zero-order valence-corrected chi connectivity index (χ0v) is 24.4. The van der Waals surface area contributed by atoms with Crippen LogP contribution in [-0.4, -0.2) is 19.1 Å². The Labute approximate surface area is 243 Å². The van der Waals surface area contributed by atoms with Crippen molar-refractivity contribution in [3.63, 3.8) is 0 Å². The van der Waals surface area contributed by atoms with E-state index < -0.39 is 5.79 Å². The summed E-state index contributed by atoms with van der Waals surface area (Å²) in [4.78, 5) is 15.1. The smallest absolute Gasteiger partial charge is 0.233 e. The average molecular weight is 599 g/mol. The number of β-lactam (4-membered cyclic amide) rings is 1. The van der Waals surface area contributed by atoms with Gasteiger partial charge in [-0.3, -0.25) is 10.7 Å². The molecule has 3 aromatic rings. The average Bonchev–Trinajstić information content (AvgIpc) is 2.90. The molecule has 2 aliphatic heterocycles. The first kappa shape index (κ1) is 28.3. The summed E-state index contributed by atoms with van der Waals surface area (Å²) in [5.74, 6) is -0.406. The van der Waals surface area contributed by atoms with E-state index in [1.807, 2.05) is 31.2 Å². The van der Waals surface area contributed by atoms with Crippen LogP contribution in [0.15, 0.2) is 72.8 Å². The molecule has 3 atom stereocenters. The number of halogens is 2. The number of benzene rings is 3. The van der Waals surface area contributed by atoms with Gasteiger partial charge in [-0.05, 0) is 60.5 Å². The molecule has 0 aliphatic carbocycles. The first-order chi connectivity index (χ1) is 17.4. The van der Waals surface area contributed by atoms with Crippen molar-refractivity contribution in [2.24, 2.45) is 5.92 Å². The number of amides is 1. The van der Waals surface area contributed by atoms with E-state index in [9.17, 15) is 13.6 Å². The third-order valence-electron chi connectivity index (χ3n) is 6.85. The Kier molecular flexibility index (Phi) is 9.14. The van der Waals surface area contributed by atoms with Crippen molar-refractivity contribution in [3.05, 3.63) is 101 Å². The first-order valence-corrected chi connectivity index (χ1v) is 12.3. The van der Waals surface area contributed by atoms with E-state index in [0.717, 1.165) is 17.0 Å². The van der Waals surface area contributed by atoms with Crippen molar-refractivity contribution in [1.29, 1.82) is 0 Å². The summed E-state index contributed by atoms with van der Waals surface area (Å²) in [6.07, 6.45) is 0.905. The van der Waals surface area contributed by atoms with Crippen LogP contribution in [0, 0.1) is 23.5 Å². The summed E-state index contributed by atoms with van der Waals surface area (Å²) < 4.78 is 44.8. The Morgan fingerprint density at radius 3 is 2.11 bits per heavy atom. The van der Waals surface area contributed by atoms with Gasteiger partial charge < -0.3 is 18.9 Å². The van der Waals surface area contributed by atoms with Crippen molar-refractivity contribution in [1.82, 2.24) is 0 Å². The van der Waals surface area contributed by atoms with Gasteiger partial charge in [-0.25, -0.2) is 8.78 Å².